The molecule has 19 heavy (non-hydrogen) atoms. The molecule has 2 N–H and O–H groups in total. The lowest BCUT2D eigenvalue weighted by Crippen LogP contribution is -2.46. The molecular weight excluding hydrogens is 283 g/mol. The zero-order valence-electron chi connectivity index (χ0n) is 10.3. The number of alkyl halides is 3. The Kier molecular flexibility index (Phi) is 4.28. The fraction of sp³-hybridized carbons (Fsp3) is 0.455. The number of rotatable bonds is 4. The molecule has 0 spiro atoms. The van der Waals surface area contributed by atoms with Crippen LogP contribution in [0.5, 0.6) is 0 Å². The predicted octanol–water partition coefficient (Wildman–Crippen LogP) is 1.75. The zero-order valence-corrected chi connectivity index (χ0v) is 11.1. The molecule has 1 aromatic rings. The minimum atomic E-state index is -4.77. The summed E-state index contributed by atoms with van der Waals surface area (Å²) in [4.78, 5) is -0.857. The van der Waals surface area contributed by atoms with Gasteiger partial charge in [-0.2, -0.15) is 13.2 Å². The van der Waals surface area contributed by atoms with Gasteiger partial charge in [-0.05, 0) is 26.0 Å². The van der Waals surface area contributed by atoms with Crippen molar-refractivity contribution in [2.24, 2.45) is 0 Å². The fourth-order valence-corrected chi connectivity index (χ4v) is 3.02. The largest absolute Gasteiger partial charge is 0.417 e. The van der Waals surface area contributed by atoms with Gasteiger partial charge in [-0.15, -0.1) is 0 Å². The van der Waals surface area contributed by atoms with Gasteiger partial charge in [0.2, 0.25) is 10.0 Å². The molecule has 0 amide bonds. The van der Waals surface area contributed by atoms with E-state index in [9.17, 15) is 21.6 Å². The van der Waals surface area contributed by atoms with Gasteiger partial charge in [0, 0.05) is 0 Å². The van der Waals surface area contributed by atoms with E-state index >= 15 is 0 Å². The highest BCUT2D eigenvalue weighted by Crippen LogP contribution is 2.34. The van der Waals surface area contributed by atoms with E-state index in [0.29, 0.717) is 6.07 Å². The van der Waals surface area contributed by atoms with E-state index < -0.39 is 38.8 Å². The number of nitrogens with one attached hydrogen (secondary N) is 1. The average molecular weight is 297 g/mol. The van der Waals surface area contributed by atoms with Gasteiger partial charge in [0.05, 0.1) is 22.6 Å². The van der Waals surface area contributed by atoms with Crippen LogP contribution < -0.4 is 4.72 Å². The lowest BCUT2D eigenvalue weighted by Gasteiger charge is -2.24. The second-order valence-corrected chi connectivity index (χ2v) is 6.29. The van der Waals surface area contributed by atoms with E-state index in [1.807, 2.05) is 4.72 Å². The summed E-state index contributed by atoms with van der Waals surface area (Å²) in [5, 5.41) is 8.98. The SMILES string of the molecule is CC(C)(CO)NS(=O)(=O)c1ccccc1C(F)(F)F. The maximum Gasteiger partial charge on any atom is 0.417 e. The first-order valence-electron chi connectivity index (χ1n) is 5.31. The first-order chi connectivity index (χ1) is 8.49. The molecule has 0 saturated carbocycles. The van der Waals surface area contributed by atoms with Gasteiger partial charge in [-0.1, -0.05) is 12.1 Å². The monoisotopic (exact) mass is 297 g/mol. The Labute approximate surface area is 109 Å². The van der Waals surface area contributed by atoms with E-state index in [1.165, 1.54) is 19.9 Å². The molecular formula is C11H14F3NO3S. The normalized spacial score (nSPS) is 13.6. The minimum absolute atomic E-state index is 0.541. The van der Waals surface area contributed by atoms with Crippen molar-refractivity contribution in [2.75, 3.05) is 6.61 Å². The van der Waals surface area contributed by atoms with E-state index in [4.69, 9.17) is 5.11 Å². The first kappa shape index (κ1) is 15.9. The quantitative estimate of drug-likeness (QED) is 0.890. The molecule has 4 nitrogen and oxygen atoms in total. The summed E-state index contributed by atoms with van der Waals surface area (Å²) in [5.41, 5.74) is -2.49. The van der Waals surface area contributed by atoms with Crippen molar-refractivity contribution in [2.45, 2.75) is 30.5 Å². The van der Waals surface area contributed by atoms with Crippen LogP contribution in [0.1, 0.15) is 19.4 Å². The van der Waals surface area contributed by atoms with Crippen molar-refractivity contribution in [1.82, 2.24) is 4.72 Å². The first-order valence-corrected chi connectivity index (χ1v) is 6.79. The Hall–Kier alpha value is -1.12. The summed E-state index contributed by atoms with van der Waals surface area (Å²) < 4.78 is 64.2. The number of benzene rings is 1. The van der Waals surface area contributed by atoms with Crippen LogP contribution in [0.3, 0.4) is 0 Å². The van der Waals surface area contributed by atoms with Crippen LogP contribution in [0.15, 0.2) is 29.2 Å². The second kappa shape index (κ2) is 5.10. The predicted molar refractivity (Wildman–Crippen MR) is 62.9 cm³/mol. The number of hydrogen-bond donors (Lipinski definition) is 2. The van der Waals surface area contributed by atoms with Crippen molar-refractivity contribution in [1.29, 1.82) is 0 Å². The lowest BCUT2D eigenvalue weighted by molar-refractivity contribution is -0.139. The molecule has 0 fully saturated rings. The molecule has 0 bridgehead atoms. The summed E-state index contributed by atoms with van der Waals surface area (Å²) in [7, 11) is -4.37. The molecule has 0 aliphatic heterocycles. The molecule has 0 aliphatic rings. The number of aliphatic hydroxyl groups is 1. The summed E-state index contributed by atoms with van der Waals surface area (Å²) in [6.07, 6.45) is -4.77. The van der Waals surface area contributed by atoms with Crippen molar-refractivity contribution >= 4 is 10.0 Å². The van der Waals surface area contributed by atoms with Crippen LogP contribution in [0, 0.1) is 0 Å². The van der Waals surface area contributed by atoms with Gasteiger partial charge in [-0.3, -0.25) is 0 Å². The maximum absolute atomic E-state index is 12.8. The Morgan fingerprint density at radius 2 is 1.74 bits per heavy atom. The molecule has 1 aromatic carbocycles. The number of halogens is 3. The zero-order chi connectivity index (χ0) is 14.9. The van der Waals surface area contributed by atoms with Crippen molar-refractivity contribution in [3.8, 4) is 0 Å². The van der Waals surface area contributed by atoms with Crippen LogP contribution in [-0.4, -0.2) is 25.7 Å². The third-order valence-corrected chi connectivity index (χ3v) is 4.04. The van der Waals surface area contributed by atoms with Gasteiger partial charge < -0.3 is 5.11 Å². The standard InChI is InChI=1S/C11H14F3NO3S/c1-10(2,7-16)15-19(17,18)9-6-4-3-5-8(9)11(12,13)14/h3-6,15-16H,7H2,1-2H3. The van der Waals surface area contributed by atoms with Crippen molar-refractivity contribution < 1.29 is 26.7 Å². The highest BCUT2D eigenvalue weighted by Gasteiger charge is 2.38. The van der Waals surface area contributed by atoms with Crippen LogP contribution in [0.25, 0.3) is 0 Å². The highest BCUT2D eigenvalue weighted by molar-refractivity contribution is 7.89. The average Bonchev–Trinajstić information content (AvgIpc) is 2.27. The van der Waals surface area contributed by atoms with Gasteiger partial charge in [0.25, 0.3) is 0 Å². The van der Waals surface area contributed by atoms with Crippen LogP contribution in [0.2, 0.25) is 0 Å². The molecule has 0 aromatic heterocycles. The van der Waals surface area contributed by atoms with Crippen LogP contribution >= 0.6 is 0 Å². The Bertz CT molecular complexity index is 553. The van der Waals surface area contributed by atoms with E-state index in [0.717, 1.165) is 12.1 Å². The lowest BCUT2D eigenvalue weighted by atomic mass is 10.1. The Morgan fingerprint density at radius 3 is 2.21 bits per heavy atom. The highest BCUT2D eigenvalue weighted by atomic mass is 32.2. The Morgan fingerprint density at radius 1 is 1.21 bits per heavy atom. The maximum atomic E-state index is 12.8. The summed E-state index contributed by atoms with van der Waals surface area (Å²) in [6.45, 7) is 2.18. The van der Waals surface area contributed by atoms with Crippen LogP contribution in [-0.2, 0) is 16.2 Å². The molecule has 0 heterocycles. The summed E-state index contributed by atoms with van der Waals surface area (Å²) >= 11 is 0. The number of hydrogen-bond acceptors (Lipinski definition) is 3. The van der Waals surface area contributed by atoms with Gasteiger partial charge in [0.1, 0.15) is 0 Å². The third kappa shape index (κ3) is 3.92. The number of sulfonamides is 1. The second-order valence-electron chi connectivity index (χ2n) is 4.64. The minimum Gasteiger partial charge on any atom is -0.394 e. The van der Waals surface area contributed by atoms with Gasteiger partial charge in [0.15, 0.2) is 0 Å². The molecule has 1 rings (SSSR count). The number of aliphatic hydroxyl groups excluding tert-OH is 1. The Balaban J connectivity index is 3.31. The molecule has 0 saturated heterocycles. The summed E-state index contributed by atoms with van der Waals surface area (Å²) in [5.74, 6) is 0. The molecule has 0 atom stereocenters. The molecule has 8 heteroatoms. The van der Waals surface area contributed by atoms with Gasteiger partial charge >= 0.3 is 6.18 Å². The van der Waals surface area contributed by atoms with Gasteiger partial charge in [-0.25, -0.2) is 13.1 Å². The third-order valence-electron chi connectivity index (χ3n) is 2.29. The smallest absolute Gasteiger partial charge is 0.394 e. The molecule has 0 unspecified atom stereocenters. The van der Waals surface area contributed by atoms with Crippen LogP contribution in [0.4, 0.5) is 13.2 Å². The van der Waals surface area contributed by atoms with E-state index in [-0.39, 0.29) is 0 Å². The molecule has 0 radical (unpaired) electrons. The fourth-order valence-electron chi connectivity index (χ4n) is 1.39. The van der Waals surface area contributed by atoms with E-state index in [2.05, 4.69) is 0 Å². The molecule has 0 aliphatic carbocycles. The molecule has 108 valence electrons. The van der Waals surface area contributed by atoms with Crippen molar-refractivity contribution in [3.05, 3.63) is 29.8 Å². The van der Waals surface area contributed by atoms with Crippen molar-refractivity contribution in [3.63, 3.8) is 0 Å². The topological polar surface area (TPSA) is 66.4 Å². The summed E-state index contributed by atoms with van der Waals surface area (Å²) in [6, 6.07) is 3.88. The van der Waals surface area contributed by atoms with E-state index in [1.54, 1.807) is 0 Å².